The van der Waals surface area contributed by atoms with Gasteiger partial charge in [-0.3, -0.25) is 0 Å². The fourth-order valence-corrected chi connectivity index (χ4v) is 4.68. The second kappa shape index (κ2) is 4.55. The minimum Gasteiger partial charge on any atom is -0.497 e. The maximum absolute atomic E-state index is 12.7. The molecule has 0 saturated heterocycles. The number of benzene rings is 1. The van der Waals surface area contributed by atoms with E-state index in [-0.39, 0.29) is 6.54 Å². The number of methoxy groups -OCH3 is 1. The second-order valence-corrected chi connectivity index (χ2v) is 7.19. The first kappa shape index (κ1) is 13.4. The van der Waals surface area contributed by atoms with Crippen LogP contribution in [0.4, 0.5) is 0 Å². The lowest BCUT2D eigenvalue weighted by Gasteiger charge is -2.40. The molecule has 1 aromatic carbocycles. The summed E-state index contributed by atoms with van der Waals surface area (Å²) in [6.07, 6.45) is 2.26. The standard InChI is InChI=1S/C13H19NO3S/c1-10-8-11(17-2)4-5-12(10)18(15,16)13(9-14)6-3-7-13/h4-5,8H,3,6-7,9,14H2,1-2H3. The highest BCUT2D eigenvalue weighted by molar-refractivity contribution is 7.93. The summed E-state index contributed by atoms with van der Waals surface area (Å²) in [6, 6.07) is 5.05. The molecule has 1 saturated carbocycles. The number of aryl methyl sites for hydroxylation is 1. The molecule has 0 spiro atoms. The molecule has 0 aliphatic heterocycles. The van der Waals surface area contributed by atoms with Gasteiger partial charge in [0.1, 0.15) is 5.75 Å². The summed E-state index contributed by atoms with van der Waals surface area (Å²) >= 11 is 0. The Morgan fingerprint density at radius 1 is 1.39 bits per heavy atom. The van der Waals surface area contributed by atoms with Gasteiger partial charge in [0.15, 0.2) is 9.84 Å². The van der Waals surface area contributed by atoms with Gasteiger partial charge in [-0.15, -0.1) is 0 Å². The van der Waals surface area contributed by atoms with E-state index in [0.717, 1.165) is 6.42 Å². The highest BCUT2D eigenvalue weighted by Crippen LogP contribution is 2.43. The molecule has 0 aromatic heterocycles. The van der Waals surface area contributed by atoms with Crippen molar-refractivity contribution >= 4 is 9.84 Å². The predicted molar refractivity (Wildman–Crippen MR) is 70.6 cm³/mol. The third-order valence-corrected chi connectivity index (χ3v) is 6.63. The highest BCUT2D eigenvalue weighted by Gasteiger charge is 2.48. The number of sulfone groups is 1. The Bertz CT molecular complexity index is 542. The first-order chi connectivity index (χ1) is 8.47. The van der Waals surface area contributed by atoms with Crippen LogP contribution in [0, 0.1) is 6.92 Å². The largest absolute Gasteiger partial charge is 0.497 e. The summed E-state index contributed by atoms with van der Waals surface area (Å²) in [7, 11) is -1.78. The summed E-state index contributed by atoms with van der Waals surface area (Å²) in [5.41, 5.74) is 6.41. The molecule has 2 N–H and O–H groups in total. The summed E-state index contributed by atoms with van der Waals surface area (Å²) in [5, 5.41) is 0. The second-order valence-electron chi connectivity index (χ2n) is 4.88. The van der Waals surface area contributed by atoms with Crippen molar-refractivity contribution in [2.75, 3.05) is 13.7 Å². The normalized spacial score (nSPS) is 18.2. The van der Waals surface area contributed by atoms with Gasteiger partial charge in [0.25, 0.3) is 0 Å². The third kappa shape index (κ3) is 1.82. The number of hydrogen-bond acceptors (Lipinski definition) is 4. The van der Waals surface area contributed by atoms with E-state index in [2.05, 4.69) is 0 Å². The van der Waals surface area contributed by atoms with Gasteiger partial charge in [-0.2, -0.15) is 0 Å². The predicted octanol–water partition coefficient (Wildman–Crippen LogP) is 1.66. The molecule has 0 atom stereocenters. The molecule has 0 bridgehead atoms. The minimum absolute atomic E-state index is 0.195. The zero-order valence-electron chi connectivity index (χ0n) is 10.8. The fraction of sp³-hybridized carbons (Fsp3) is 0.538. The van der Waals surface area contributed by atoms with E-state index in [9.17, 15) is 8.42 Å². The molecule has 4 nitrogen and oxygen atoms in total. The SMILES string of the molecule is COc1ccc(S(=O)(=O)C2(CN)CCC2)c(C)c1. The van der Waals surface area contributed by atoms with Crippen LogP contribution in [0.25, 0.3) is 0 Å². The van der Waals surface area contributed by atoms with Crippen molar-refractivity contribution in [3.8, 4) is 5.75 Å². The van der Waals surface area contributed by atoms with Crippen LogP contribution in [-0.2, 0) is 9.84 Å². The molecule has 18 heavy (non-hydrogen) atoms. The molecule has 1 aromatic rings. The number of rotatable bonds is 4. The molecule has 2 rings (SSSR count). The van der Waals surface area contributed by atoms with Crippen LogP contribution in [0.2, 0.25) is 0 Å². The van der Waals surface area contributed by atoms with E-state index in [1.54, 1.807) is 32.2 Å². The summed E-state index contributed by atoms with van der Waals surface area (Å²) in [5.74, 6) is 0.668. The average molecular weight is 269 g/mol. The molecule has 1 fully saturated rings. The zero-order chi connectivity index (χ0) is 13.4. The first-order valence-corrected chi connectivity index (χ1v) is 7.54. The number of ether oxygens (including phenoxy) is 1. The monoisotopic (exact) mass is 269 g/mol. The lowest BCUT2D eigenvalue weighted by Crippen LogP contribution is -2.51. The average Bonchev–Trinajstić information content (AvgIpc) is 2.27. The van der Waals surface area contributed by atoms with Gasteiger partial charge in [-0.1, -0.05) is 6.42 Å². The van der Waals surface area contributed by atoms with Gasteiger partial charge >= 0.3 is 0 Å². The van der Waals surface area contributed by atoms with Gasteiger partial charge in [0.2, 0.25) is 0 Å². The van der Waals surface area contributed by atoms with Crippen molar-refractivity contribution in [3.63, 3.8) is 0 Å². The Morgan fingerprint density at radius 2 is 2.06 bits per heavy atom. The summed E-state index contributed by atoms with van der Waals surface area (Å²) < 4.78 is 29.7. The van der Waals surface area contributed by atoms with Crippen LogP contribution < -0.4 is 10.5 Å². The molecule has 0 heterocycles. The lowest BCUT2D eigenvalue weighted by molar-refractivity contribution is 0.344. The quantitative estimate of drug-likeness (QED) is 0.902. The van der Waals surface area contributed by atoms with Crippen molar-refractivity contribution in [2.24, 2.45) is 5.73 Å². The lowest BCUT2D eigenvalue weighted by atomic mass is 9.84. The van der Waals surface area contributed by atoms with Crippen molar-refractivity contribution in [2.45, 2.75) is 35.8 Å². The van der Waals surface area contributed by atoms with Crippen molar-refractivity contribution in [1.82, 2.24) is 0 Å². The number of hydrogen-bond donors (Lipinski definition) is 1. The van der Waals surface area contributed by atoms with Gasteiger partial charge < -0.3 is 10.5 Å². The molecule has 0 unspecified atom stereocenters. The molecule has 0 radical (unpaired) electrons. The molecule has 5 heteroatoms. The Hall–Kier alpha value is -1.07. The highest BCUT2D eigenvalue weighted by atomic mass is 32.2. The van der Waals surface area contributed by atoms with E-state index in [1.807, 2.05) is 0 Å². The molecular weight excluding hydrogens is 250 g/mol. The molecular formula is C13H19NO3S. The molecule has 1 aliphatic carbocycles. The molecule has 100 valence electrons. The fourth-order valence-electron chi connectivity index (χ4n) is 2.44. The van der Waals surface area contributed by atoms with Crippen LogP contribution in [-0.4, -0.2) is 26.8 Å². The van der Waals surface area contributed by atoms with Crippen LogP contribution in [0.5, 0.6) is 5.75 Å². The van der Waals surface area contributed by atoms with E-state index in [4.69, 9.17) is 10.5 Å². The van der Waals surface area contributed by atoms with E-state index in [0.29, 0.717) is 29.1 Å². The Morgan fingerprint density at radius 3 is 2.44 bits per heavy atom. The Balaban J connectivity index is 2.48. The smallest absolute Gasteiger partial charge is 0.185 e. The Kier molecular flexibility index (Phi) is 3.38. The maximum atomic E-state index is 12.7. The molecule has 0 amide bonds. The molecule has 1 aliphatic rings. The first-order valence-electron chi connectivity index (χ1n) is 6.06. The number of nitrogens with two attached hydrogens (primary N) is 1. The van der Waals surface area contributed by atoms with Gasteiger partial charge in [-0.25, -0.2) is 8.42 Å². The van der Waals surface area contributed by atoms with E-state index in [1.165, 1.54) is 0 Å². The van der Waals surface area contributed by atoms with Crippen molar-refractivity contribution in [1.29, 1.82) is 0 Å². The van der Waals surface area contributed by atoms with Crippen molar-refractivity contribution < 1.29 is 13.2 Å². The Labute approximate surface area is 108 Å². The summed E-state index contributed by atoms with van der Waals surface area (Å²) in [6.45, 7) is 1.99. The van der Waals surface area contributed by atoms with Crippen LogP contribution in [0.15, 0.2) is 23.1 Å². The van der Waals surface area contributed by atoms with E-state index >= 15 is 0 Å². The van der Waals surface area contributed by atoms with E-state index < -0.39 is 14.6 Å². The van der Waals surface area contributed by atoms with Crippen molar-refractivity contribution in [3.05, 3.63) is 23.8 Å². The maximum Gasteiger partial charge on any atom is 0.185 e. The van der Waals surface area contributed by atoms with Crippen LogP contribution >= 0.6 is 0 Å². The van der Waals surface area contributed by atoms with Gasteiger partial charge in [0, 0.05) is 6.54 Å². The van der Waals surface area contributed by atoms with Crippen LogP contribution in [0.3, 0.4) is 0 Å². The zero-order valence-corrected chi connectivity index (χ0v) is 11.6. The van der Waals surface area contributed by atoms with Crippen LogP contribution in [0.1, 0.15) is 24.8 Å². The van der Waals surface area contributed by atoms with Gasteiger partial charge in [-0.05, 0) is 43.5 Å². The van der Waals surface area contributed by atoms with Gasteiger partial charge in [0.05, 0.1) is 16.8 Å². The topological polar surface area (TPSA) is 69.4 Å². The summed E-state index contributed by atoms with van der Waals surface area (Å²) in [4.78, 5) is 0.383. The minimum atomic E-state index is -3.35. The third-order valence-electron chi connectivity index (χ3n) is 3.88.